The van der Waals surface area contributed by atoms with E-state index >= 15 is 0 Å². The maximum absolute atomic E-state index is 6.22. The summed E-state index contributed by atoms with van der Waals surface area (Å²) in [6, 6.07) is 83.4. The van der Waals surface area contributed by atoms with Gasteiger partial charge in [-0.25, -0.2) is 0 Å². The SMILES string of the molecule is CC1(C)c2ccccc2-c2ccc(N(c3ccc(-c4ccc5oc6ccccc6c5c4)cc3)c3cccc4c3C3(c5ccccc5-4)c4ccccc4-c4c(-c5ccccc5)cccc43)cc21. The molecule has 66 heavy (non-hydrogen) atoms. The van der Waals surface area contributed by atoms with Crippen LogP contribution in [0.15, 0.2) is 229 Å². The van der Waals surface area contributed by atoms with Crippen molar-refractivity contribution in [1.29, 1.82) is 0 Å². The van der Waals surface area contributed by atoms with Crippen LogP contribution in [0.3, 0.4) is 0 Å². The zero-order chi connectivity index (χ0) is 43.7. The summed E-state index contributed by atoms with van der Waals surface area (Å²) >= 11 is 0. The number of nitrogens with zero attached hydrogens (tertiary/aromatic N) is 1. The molecule has 3 aliphatic rings. The third-order valence-corrected chi connectivity index (χ3v) is 15.1. The van der Waals surface area contributed by atoms with Gasteiger partial charge in [-0.15, -0.1) is 0 Å². The molecule has 0 radical (unpaired) electrons. The average Bonchev–Trinajstić information content (AvgIpc) is 4.07. The molecular weight excluding hydrogens is 799 g/mol. The van der Waals surface area contributed by atoms with Crippen LogP contribution in [-0.4, -0.2) is 0 Å². The molecule has 0 bridgehead atoms. The van der Waals surface area contributed by atoms with Crippen LogP contribution in [0.25, 0.3) is 77.6 Å². The molecule has 0 saturated heterocycles. The van der Waals surface area contributed by atoms with Crippen molar-refractivity contribution in [3.63, 3.8) is 0 Å². The van der Waals surface area contributed by atoms with Crippen molar-refractivity contribution in [1.82, 2.24) is 0 Å². The van der Waals surface area contributed by atoms with Crippen molar-refractivity contribution in [3.8, 4) is 55.6 Å². The van der Waals surface area contributed by atoms with Crippen LogP contribution < -0.4 is 4.90 Å². The van der Waals surface area contributed by atoms with Crippen LogP contribution in [-0.2, 0) is 10.8 Å². The number of para-hydroxylation sites is 1. The van der Waals surface area contributed by atoms with Gasteiger partial charge in [0.1, 0.15) is 11.2 Å². The predicted octanol–water partition coefficient (Wildman–Crippen LogP) is 17.0. The van der Waals surface area contributed by atoms with Gasteiger partial charge in [0, 0.05) is 33.1 Å². The van der Waals surface area contributed by atoms with Gasteiger partial charge in [-0.3, -0.25) is 0 Å². The first-order valence-corrected chi connectivity index (χ1v) is 23.1. The molecule has 3 aliphatic carbocycles. The van der Waals surface area contributed by atoms with Gasteiger partial charge in [-0.05, 0) is 132 Å². The van der Waals surface area contributed by atoms with Gasteiger partial charge >= 0.3 is 0 Å². The fourth-order valence-electron chi connectivity index (χ4n) is 12.2. The van der Waals surface area contributed by atoms with Crippen molar-refractivity contribution in [2.24, 2.45) is 0 Å². The lowest BCUT2D eigenvalue weighted by molar-refractivity contribution is 0.660. The summed E-state index contributed by atoms with van der Waals surface area (Å²) in [5.41, 5.74) is 25.1. The number of anilines is 3. The summed E-state index contributed by atoms with van der Waals surface area (Å²) in [5.74, 6) is 0. The third-order valence-electron chi connectivity index (χ3n) is 15.1. The lowest BCUT2D eigenvalue weighted by Gasteiger charge is -2.36. The first kappa shape index (κ1) is 37.2. The lowest BCUT2D eigenvalue weighted by Crippen LogP contribution is -2.28. The smallest absolute Gasteiger partial charge is 0.135 e. The zero-order valence-electron chi connectivity index (χ0n) is 36.7. The molecular formula is C64H43NO. The molecule has 10 aromatic carbocycles. The highest BCUT2D eigenvalue weighted by molar-refractivity contribution is 6.07. The Morgan fingerprint density at radius 2 is 0.924 bits per heavy atom. The van der Waals surface area contributed by atoms with Gasteiger partial charge in [0.2, 0.25) is 0 Å². The van der Waals surface area contributed by atoms with Gasteiger partial charge in [-0.1, -0.05) is 190 Å². The van der Waals surface area contributed by atoms with Crippen molar-refractivity contribution in [3.05, 3.63) is 258 Å². The van der Waals surface area contributed by atoms with Crippen LogP contribution in [0.1, 0.15) is 47.2 Å². The minimum Gasteiger partial charge on any atom is -0.456 e. The van der Waals surface area contributed by atoms with E-state index in [2.05, 4.69) is 231 Å². The predicted molar refractivity (Wildman–Crippen MR) is 273 cm³/mol. The van der Waals surface area contributed by atoms with E-state index in [0.717, 1.165) is 44.4 Å². The van der Waals surface area contributed by atoms with Gasteiger partial charge in [-0.2, -0.15) is 0 Å². The van der Waals surface area contributed by atoms with Crippen LogP contribution >= 0.6 is 0 Å². The fraction of sp³-hybridized carbons (Fsp3) is 0.0625. The Balaban J connectivity index is 1.03. The first-order valence-electron chi connectivity index (χ1n) is 23.1. The molecule has 1 heterocycles. The van der Waals surface area contributed by atoms with Gasteiger partial charge < -0.3 is 9.32 Å². The molecule has 0 amide bonds. The second kappa shape index (κ2) is 13.7. The van der Waals surface area contributed by atoms with Crippen LogP contribution in [0.4, 0.5) is 17.1 Å². The van der Waals surface area contributed by atoms with E-state index in [1.807, 2.05) is 12.1 Å². The maximum Gasteiger partial charge on any atom is 0.135 e. The number of rotatable bonds is 5. The quantitative estimate of drug-likeness (QED) is 0.172. The minimum atomic E-state index is -0.577. The minimum absolute atomic E-state index is 0.166. The summed E-state index contributed by atoms with van der Waals surface area (Å²) in [7, 11) is 0. The summed E-state index contributed by atoms with van der Waals surface area (Å²) in [6.07, 6.45) is 0. The van der Waals surface area contributed by atoms with Crippen LogP contribution in [0.2, 0.25) is 0 Å². The van der Waals surface area contributed by atoms with E-state index < -0.39 is 5.41 Å². The Hall–Kier alpha value is -8.20. The molecule has 0 N–H and O–H groups in total. The highest BCUT2D eigenvalue weighted by Gasteiger charge is 2.54. The topological polar surface area (TPSA) is 16.4 Å². The van der Waals surface area contributed by atoms with Gasteiger partial charge in [0.15, 0.2) is 0 Å². The number of benzene rings is 10. The molecule has 310 valence electrons. The Bertz CT molecular complexity index is 3800. The molecule has 0 fully saturated rings. The van der Waals surface area contributed by atoms with Crippen LogP contribution in [0.5, 0.6) is 0 Å². The molecule has 1 unspecified atom stereocenters. The molecule has 2 heteroatoms. The van der Waals surface area contributed by atoms with E-state index in [4.69, 9.17) is 4.42 Å². The van der Waals surface area contributed by atoms with E-state index in [0.29, 0.717) is 0 Å². The second-order valence-electron chi connectivity index (χ2n) is 18.7. The average molecular weight is 842 g/mol. The Morgan fingerprint density at radius 1 is 0.348 bits per heavy atom. The molecule has 0 aliphatic heterocycles. The van der Waals surface area contributed by atoms with Crippen molar-refractivity contribution in [2.75, 3.05) is 4.90 Å². The highest BCUT2D eigenvalue weighted by atomic mass is 16.3. The summed E-state index contributed by atoms with van der Waals surface area (Å²) in [5, 5.41) is 2.27. The molecule has 1 spiro atoms. The highest BCUT2D eigenvalue weighted by Crippen LogP contribution is 2.66. The van der Waals surface area contributed by atoms with Gasteiger partial charge in [0.05, 0.1) is 11.1 Å². The van der Waals surface area contributed by atoms with E-state index in [-0.39, 0.29) is 5.41 Å². The lowest BCUT2D eigenvalue weighted by atomic mass is 9.69. The van der Waals surface area contributed by atoms with E-state index in [1.54, 1.807) is 0 Å². The number of fused-ring (bicyclic) bond motifs is 16. The monoisotopic (exact) mass is 841 g/mol. The molecule has 0 saturated carbocycles. The summed E-state index contributed by atoms with van der Waals surface area (Å²) < 4.78 is 6.22. The standard InChI is InChI=1S/C64H43NO/c1-63(2)53-24-10-6-18-46(53)48-36-35-44(39-57(48)63)65(43-33-30-40(31-34-43)42-32-37-60-52(38-42)49-20-9-13-29-59(49)66-60)58-28-15-23-50-47-19-7-11-25-54(47)64(62(50)58)55-26-12-8-21-51(55)61-45(22-14-27-56(61)64)41-16-4-3-5-17-41/h3-39H,1-2H3. The molecule has 11 aromatic rings. The Morgan fingerprint density at radius 3 is 1.74 bits per heavy atom. The summed E-state index contributed by atoms with van der Waals surface area (Å²) in [6.45, 7) is 4.76. The second-order valence-corrected chi connectivity index (χ2v) is 18.7. The molecule has 1 atom stereocenters. The first-order chi connectivity index (χ1) is 32.5. The van der Waals surface area contributed by atoms with Crippen molar-refractivity contribution in [2.45, 2.75) is 24.7 Å². The molecule has 14 rings (SSSR count). The Labute approximate surface area is 384 Å². The summed E-state index contributed by atoms with van der Waals surface area (Å²) in [4.78, 5) is 2.55. The van der Waals surface area contributed by atoms with E-state index in [9.17, 15) is 0 Å². The molecule has 2 nitrogen and oxygen atoms in total. The van der Waals surface area contributed by atoms with Crippen LogP contribution in [0, 0.1) is 0 Å². The number of hydrogen-bond acceptors (Lipinski definition) is 2. The largest absolute Gasteiger partial charge is 0.456 e. The fourth-order valence-corrected chi connectivity index (χ4v) is 12.2. The Kier molecular flexibility index (Phi) is 7.70. The van der Waals surface area contributed by atoms with Crippen molar-refractivity contribution < 1.29 is 4.42 Å². The van der Waals surface area contributed by atoms with E-state index in [1.165, 1.54) is 83.6 Å². The third kappa shape index (κ3) is 4.96. The molecule has 1 aromatic heterocycles. The van der Waals surface area contributed by atoms with Crippen molar-refractivity contribution >= 4 is 39.0 Å². The zero-order valence-corrected chi connectivity index (χ0v) is 36.7. The van der Waals surface area contributed by atoms with Gasteiger partial charge in [0.25, 0.3) is 0 Å². The number of hydrogen-bond donors (Lipinski definition) is 0. The number of furan rings is 1. The normalized spacial score (nSPS) is 15.6. The maximum atomic E-state index is 6.22.